The molecule has 0 amide bonds. The summed E-state index contributed by atoms with van der Waals surface area (Å²) in [6.45, 7) is 6.11. The summed E-state index contributed by atoms with van der Waals surface area (Å²) in [5, 5.41) is 0. The van der Waals surface area contributed by atoms with Crippen LogP contribution in [0.5, 0.6) is 0 Å². The molecule has 1 unspecified atom stereocenters. The highest BCUT2D eigenvalue weighted by atomic mass is 16.5. The molecule has 0 heterocycles. The molecule has 0 fully saturated rings. The third-order valence-electron chi connectivity index (χ3n) is 2.11. The monoisotopic (exact) mass is 188 g/mol. The molecule has 0 saturated carbocycles. The maximum Gasteiger partial charge on any atom is 0.0597 e. The van der Waals surface area contributed by atoms with Crippen molar-refractivity contribution < 1.29 is 9.47 Å². The van der Waals surface area contributed by atoms with Crippen molar-refractivity contribution in [3.8, 4) is 0 Å². The molecule has 13 heavy (non-hydrogen) atoms. The van der Waals surface area contributed by atoms with E-state index in [1.165, 1.54) is 19.3 Å². The summed E-state index contributed by atoms with van der Waals surface area (Å²) in [6, 6.07) is 0. The molecular formula is C11H24O2. The molecule has 0 saturated heterocycles. The number of rotatable bonds is 9. The fourth-order valence-electron chi connectivity index (χ4n) is 1.28. The predicted molar refractivity (Wildman–Crippen MR) is 56.0 cm³/mol. The number of hydrogen-bond acceptors (Lipinski definition) is 2. The molecule has 0 aliphatic heterocycles. The zero-order valence-corrected chi connectivity index (χ0v) is 9.34. The summed E-state index contributed by atoms with van der Waals surface area (Å²) in [5.41, 5.74) is 0. The smallest absolute Gasteiger partial charge is 0.0597 e. The van der Waals surface area contributed by atoms with Crippen LogP contribution in [0.4, 0.5) is 0 Å². The maximum atomic E-state index is 5.74. The van der Waals surface area contributed by atoms with Gasteiger partial charge in [-0.15, -0.1) is 0 Å². The molecule has 0 spiro atoms. The van der Waals surface area contributed by atoms with Crippen LogP contribution in [0.25, 0.3) is 0 Å². The van der Waals surface area contributed by atoms with Crippen LogP contribution in [0, 0.1) is 0 Å². The lowest BCUT2D eigenvalue weighted by Crippen LogP contribution is -2.15. The minimum absolute atomic E-state index is 0.413. The van der Waals surface area contributed by atoms with E-state index < -0.39 is 0 Å². The molecule has 2 nitrogen and oxygen atoms in total. The molecule has 0 N–H and O–H groups in total. The van der Waals surface area contributed by atoms with Gasteiger partial charge in [0.15, 0.2) is 0 Å². The lowest BCUT2D eigenvalue weighted by molar-refractivity contribution is 0.0225. The average Bonchev–Trinajstić information content (AvgIpc) is 2.14. The normalized spacial score (nSPS) is 13.2. The Balaban J connectivity index is 3.41. The van der Waals surface area contributed by atoms with Crippen molar-refractivity contribution in [1.82, 2.24) is 0 Å². The van der Waals surface area contributed by atoms with E-state index in [2.05, 4.69) is 13.8 Å². The summed E-state index contributed by atoms with van der Waals surface area (Å²) in [4.78, 5) is 0. The highest BCUT2D eigenvalue weighted by Crippen LogP contribution is 2.07. The van der Waals surface area contributed by atoms with Gasteiger partial charge in [-0.25, -0.2) is 0 Å². The molecular weight excluding hydrogens is 164 g/mol. The summed E-state index contributed by atoms with van der Waals surface area (Å²) in [7, 11) is 1.75. The predicted octanol–water partition coefficient (Wildman–Crippen LogP) is 3.01. The molecule has 0 bridgehead atoms. The molecule has 0 aromatic rings. The van der Waals surface area contributed by atoms with Crippen molar-refractivity contribution in [2.45, 2.75) is 52.1 Å². The van der Waals surface area contributed by atoms with E-state index in [4.69, 9.17) is 9.47 Å². The first-order chi connectivity index (χ1) is 6.35. The molecule has 1 atom stereocenters. The lowest BCUT2D eigenvalue weighted by Gasteiger charge is -2.16. The number of ether oxygens (including phenoxy) is 2. The Bertz CT molecular complexity index is 94.1. The summed E-state index contributed by atoms with van der Waals surface area (Å²) in [5.74, 6) is 0. The Morgan fingerprint density at radius 3 is 2.31 bits per heavy atom. The van der Waals surface area contributed by atoms with E-state index in [9.17, 15) is 0 Å². The minimum atomic E-state index is 0.413. The number of unbranched alkanes of at least 4 members (excludes halogenated alkanes) is 1. The fourth-order valence-corrected chi connectivity index (χ4v) is 1.28. The lowest BCUT2D eigenvalue weighted by atomic mass is 10.1. The average molecular weight is 188 g/mol. The fraction of sp³-hybridized carbons (Fsp3) is 1.00. The van der Waals surface area contributed by atoms with Crippen molar-refractivity contribution >= 4 is 0 Å². The number of hydrogen-bond donors (Lipinski definition) is 0. The molecule has 0 aromatic carbocycles. The van der Waals surface area contributed by atoms with Gasteiger partial charge in [0.05, 0.1) is 6.10 Å². The van der Waals surface area contributed by atoms with Crippen LogP contribution in [0.15, 0.2) is 0 Å². The van der Waals surface area contributed by atoms with Gasteiger partial charge in [-0.1, -0.05) is 26.7 Å². The van der Waals surface area contributed by atoms with E-state index in [1.807, 2.05) is 0 Å². The van der Waals surface area contributed by atoms with Crippen molar-refractivity contribution in [2.75, 3.05) is 20.3 Å². The molecule has 0 aliphatic carbocycles. The Hall–Kier alpha value is -0.0800. The van der Waals surface area contributed by atoms with Crippen LogP contribution in [0.2, 0.25) is 0 Å². The topological polar surface area (TPSA) is 18.5 Å². The Morgan fingerprint density at radius 1 is 1.00 bits per heavy atom. The van der Waals surface area contributed by atoms with Crippen molar-refractivity contribution in [2.24, 2.45) is 0 Å². The molecule has 0 radical (unpaired) electrons. The summed E-state index contributed by atoms with van der Waals surface area (Å²) >= 11 is 0. The second-order valence-electron chi connectivity index (χ2n) is 3.42. The SMILES string of the molecule is CCCCOC(CCC)CCOC. The first kappa shape index (κ1) is 12.9. The van der Waals surface area contributed by atoms with Gasteiger partial charge >= 0.3 is 0 Å². The highest BCUT2D eigenvalue weighted by Gasteiger charge is 2.06. The third-order valence-corrected chi connectivity index (χ3v) is 2.11. The minimum Gasteiger partial charge on any atom is -0.385 e. The van der Waals surface area contributed by atoms with Gasteiger partial charge in [0.25, 0.3) is 0 Å². The van der Waals surface area contributed by atoms with Gasteiger partial charge < -0.3 is 9.47 Å². The van der Waals surface area contributed by atoms with Gasteiger partial charge in [-0.3, -0.25) is 0 Å². The molecule has 0 aliphatic rings. The first-order valence-corrected chi connectivity index (χ1v) is 5.45. The van der Waals surface area contributed by atoms with Gasteiger partial charge in [0.2, 0.25) is 0 Å². The highest BCUT2D eigenvalue weighted by molar-refractivity contribution is 4.56. The van der Waals surface area contributed by atoms with E-state index in [0.717, 1.165) is 26.1 Å². The van der Waals surface area contributed by atoms with Crippen molar-refractivity contribution in [1.29, 1.82) is 0 Å². The van der Waals surface area contributed by atoms with Crippen LogP contribution >= 0.6 is 0 Å². The van der Waals surface area contributed by atoms with Crippen LogP contribution in [-0.4, -0.2) is 26.4 Å². The van der Waals surface area contributed by atoms with E-state index >= 15 is 0 Å². The molecule has 80 valence electrons. The Kier molecular flexibility index (Phi) is 9.94. The van der Waals surface area contributed by atoms with Gasteiger partial charge in [-0.2, -0.15) is 0 Å². The van der Waals surface area contributed by atoms with Gasteiger partial charge in [0.1, 0.15) is 0 Å². The van der Waals surface area contributed by atoms with Crippen molar-refractivity contribution in [3.63, 3.8) is 0 Å². The van der Waals surface area contributed by atoms with Gasteiger partial charge in [-0.05, 0) is 19.3 Å². The van der Waals surface area contributed by atoms with Crippen LogP contribution in [0.1, 0.15) is 46.0 Å². The first-order valence-electron chi connectivity index (χ1n) is 5.45. The summed E-state index contributed by atoms with van der Waals surface area (Å²) < 4.78 is 10.8. The maximum absolute atomic E-state index is 5.74. The molecule has 0 aromatic heterocycles. The Morgan fingerprint density at radius 2 is 1.77 bits per heavy atom. The van der Waals surface area contributed by atoms with E-state index in [0.29, 0.717) is 6.10 Å². The van der Waals surface area contributed by atoms with E-state index in [-0.39, 0.29) is 0 Å². The van der Waals surface area contributed by atoms with Crippen LogP contribution in [-0.2, 0) is 9.47 Å². The van der Waals surface area contributed by atoms with Crippen LogP contribution in [0.3, 0.4) is 0 Å². The third kappa shape index (κ3) is 8.26. The zero-order valence-electron chi connectivity index (χ0n) is 9.34. The van der Waals surface area contributed by atoms with Gasteiger partial charge in [0, 0.05) is 20.3 Å². The second kappa shape index (κ2) is 10.0. The largest absolute Gasteiger partial charge is 0.385 e. The number of methoxy groups -OCH3 is 1. The van der Waals surface area contributed by atoms with Crippen molar-refractivity contribution in [3.05, 3.63) is 0 Å². The van der Waals surface area contributed by atoms with Crippen LogP contribution < -0.4 is 0 Å². The Labute approximate surface area is 82.6 Å². The molecule has 0 rings (SSSR count). The van der Waals surface area contributed by atoms with E-state index in [1.54, 1.807) is 7.11 Å². The quantitative estimate of drug-likeness (QED) is 0.518. The second-order valence-corrected chi connectivity index (χ2v) is 3.42. The zero-order chi connectivity index (χ0) is 9.94. The standard InChI is InChI=1S/C11H24O2/c1-4-6-9-13-11(7-5-2)8-10-12-3/h11H,4-10H2,1-3H3. The summed E-state index contributed by atoms with van der Waals surface area (Å²) in [6.07, 6.45) is 6.19. The molecule has 2 heteroatoms.